The molecule has 1 aliphatic carbocycles. The van der Waals surface area contributed by atoms with Crippen LogP contribution in [0.5, 0.6) is 0 Å². The largest absolute Gasteiger partial charge is 0.349 e. The van der Waals surface area contributed by atoms with Crippen LogP contribution in [0.4, 0.5) is 0 Å². The lowest BCUT2D eigenvalue weighted by molar-refractivity contribution is -0.121. The molecule has 0 aliphatic heterocycles. The number of nitrogens with one attached hydrogen (secondary N) is 1. The zero-order chi connectivity index (χ0) is 11.4. The first-order chi connectivity index (χ1) is 7.81. The molecule has 0 heterocycles. The predicted octanol–water partition coefficient (Wildman–Crippen LogP) is 2.81. The molecule has 0 fully saturated rings. The molecular weight excluding hydrogens is 222 g/mol. The minimum atomic E-state index is 0.113. The van der Waals surface area contributed by atoms with Gasteiger partial charge in [0.15, 0.2) is 0 Å². The molecule has 1 atom stereocenters. The van der Waals surface area contributed by atoms with Crippen LogP contribution in [0.2, 0.25) is 0 Å². The average Bonchev–Trinajstić information content (AvgIpc) is 2.70. The van der Waals surface area contributed by atoms with Crippen molar-refractivity contribution in [1.82, 2.24) is 5.32 Å². The number of fused-ring (bicyclic) bond motifs is 1. The molecule has 0 saturated carbocycles. The summed E-state index contributed by atoms with van der Waals surface area (Å²) < 4.78 is 0. The second-order valence-electron chi connectivity index (χ2n) is 4.15. The number of hydrogen-bond acceptors (Lipinski definition) is 1. The van der Waals surface area contributed by atoms with E-state index in [4.69, 9.17) is 11.6 Å². The fourth-order valence-electron chi connectivity index (χ4n) is 2.20. The molecule has 16 heavy (non-hydrogen) atoms. The van der Waals surface area contributed by atoms with Gasteiger partial charge in [0.1, 0.15) is 0 Å². The molecular formula is C13H16ClNO. The molecule has 1 amide bonds. The molecule has 1 aliphatic rings. The highest BCUT2D eigenvalue weighted by atomic mass is 35.5. The molecule has 1 N–H and O–H groups in total. The molecule has 1 aromatic carbocycles. The van der Waals surface area contributed by atoms with Gasteiger partial charge in [0.05, 0.1) is 6.04 Å². The summed E-state index contributed by atoms with van der Waals surface area (Å²) in [7, 11) is 0. The minimum absolute atomic E-state index is 0.113. The van der Waals surface area contributed by atoms with Gasteiger partial charge in [0.2, 0.25) is 5.91 Å². The Morgan fingerprint density at radius 3 is 3.06 bits per heavy atom. The van der Waals surface area contributed by atoms with Crippen molar-refractivity contribution in [3.05, 3.63) is 35.4 Å². The van der Waals surface area contributed by atoms with E-state index in [-0.39, 0.29) is 11.9 Å². The van der Waals surface area contributed by atoms with Crippen molar-refractivity contribution in [1.29, 1.82) is 0 Å². The Labute approximate surface area is 101 Å². The first-order valence-electron chi connectivity index (χ1n) is 5.74. The number of hydrogen-bond donors (Lipinski definition) is 1. The lowest BCUT2D eigenvalue weighted by Crippen LogP contribution is -2.26. The van der Waals surface area contributed by atoms with E-state index >= 15 is 0 Å². The molecule has 0 aromatic heterocycles. The first-order valence-corrected chi connectivity index (χ1v) is 6.28. The summed E-state index contributed by atoms with van der Waals surface area (Å²) in [5.74, 6) is 0.664. The topological polar surface area (TPSA) is 29.1 Å². The summed E-state index contributed by atoms with van der Waals surface area (Å²) in [6.07, 6.45) is 3.37. The van der Waals surface area contributed by atoms with Gasteiger partial charge in [-0.05, 0) is 30.4 Å². The van der Waals surface area contributed by atoms with Crippen LogP contribution >= 0.6 is 11.6 Å². The van der Waals surface area contributed by atoms with E-state index in [1.807, 2.05) is 6.07 Å². The molecule has 0 spiro atoms. The van der Waals surface area contributed by atoms with E-state index in [9.17, 15) is 4.79 Å². The van der Waals surface area contributed by atoms with Crippen LogP contribution in [0.1, 0.15) is 36.4 Å². The van der Waals surface area contributed by atoms with Crippen molar-refractivity contribution in [3.63, 3.8) is 0 Å². The smallest absolute Gasteiger partial charge is 0.220 e. The number of carbonyl (C=O) groups excluding carboxylic acids is 1. The second-order valence-corrected chi connectivity index (χ2v) is 4.53. The highest BCUT2D eigenvalue weighted by Gasteiger charge is 2.22. The summed E-state index contributed by atoms with van der Waals surface area (Å²) >= 11 is 5.56. The Morgan fingerprint density at radius 1 is 1.44 bits per heavy atom. The van der Waals surface area contributed by atoms with Crippen LogP contribution in [-0.4, -0.2) is 11.8 Å². The highest BCUT2D eigenvalue weighted by Crippen LogP contribution is 2.30. The Morgan fingerprint density at radius 2 is 2.25 bits per heavy atom. The Bertz CT molecular complexity index is 378. The normalized spacial score (nSPS) is 18.2. The van der Waals surface area contributed by atoms with Gasteiger partial charge in [-0.25, -0.2) is 0 Å². The van der Waals surface area contributed by atoms with Gasteiger partial charge in [0, 0.05) is 12.3 Å². The van der Waals surface area contributed by atoms with Gasteiger partial charge in [-0.15, -0.1) is 11.6 Å². The third-order valence-electron chi connectivity index (χ3n) is 3.01. The van der Waals surface area contributed by atoms with Crippen LogP contribution in [0.3, 0.4) is 0 Å². The van der Waals surface area contributed by atoms with Crippen LogP contribution in [0.15, 0.2) is 24.3 Å². The number of amides is 1. The lowest BCUT2D eigenvalue weighted by atomic mass is 10.1. The van der Waals surface area contributed by atoms with Gasteiger partial charge >= 0.3 is 0 Å². The van der Waals surface area contributed by atoms with E-state index in [0.29, 0.717) is 12.3 Å². The molecule has 0 saturated heterocycles. The standard InChI is InChI=1S/C13H16ClNO/c14-9-3-6-13(16)15-12-8-7-10-4-1-2-5-11(10)12/h1-2,4-5,12H,3,6-9H2,(H,15,16). The fourth-order valence-corrected chi connectivity index (χ4v) is 2.33. The van der Waals surface area contributed by atoms with Crippen LogP contribution in [-0.2, 0) is 11.2 Å². The molecule has 2 nitrogen and oxygen atoms in total. The van der Waals surface area contributed by atoms with Crippen molar-refractivity contribution in [2.24, 2.45) is 0 Å². The minimum Gasteiger partial charge on any atom is -0.349 e. The maximum Gasteiger partial charge on any atom is 0.220 e. The molecule has 0 bridgehead atoms. The maximum atomic E-state index is 11.6. The van der Waals surface area contributed by atoms with Gasteiger partial charge in [-0.3, -0.25) is 4.79 Å². The third-order valence-corrected chi connectivity index (χ3v) is 3.27. The third kappa shape index (κ3) is 2.56. The van der Waals surface area contributed by atoms with E-state index in [1.54, 1.807) is 0 Å². The van der Waals surface area contributed by atoms with Crippen LogP contribution in [0.25, 0.3) is 0 Å². The quantitative estimate of drug-likeness (QED) is 0.802. The molecule has 3 heteroatoms. The van der Waals surface area contributed by atoms with E-state index in [2.05, 4.69) is 23.5 Å². The summed E-state index contributed by atoms with van der Waals surface area (Å²) in [4.78, 5) is 11.6. The highest BCUT2D eigenvalue weighted by molar-refractivity contribution is 6.17. The fraction of sp³-hybridized carbons (Fsp3) is 0.462. The molecule has 1 unspecified atom stereocenters. The van der Waals surface area contributed by atoms with Crippen molar-refractivity contribution in [3.8, 4) is 0 Å². The van der Waals surface area contributed by atoms with Crippen LogP contribution < -0.4 is 5.32 Å². The molecule has 1 aromatic rings. The Balaban J connectivity index is 1.95. The van der Waals surface area contributed by atoms with Crippen molar-refractivity contribution in [2.45, 2.75) is 31.7 Å². The first kappa shape index (κ1) is 11.5. The monoisotopic (exact) mass is 237 g/mol. The summed E-state index contributed by atoms with van der Waals surface area (Å²) in [5.41, 5.74) is 2.65. The van der Waals surface area contributed by atoms with Gasteiger partial charge < -0.3 is 5.32 Å². The van der Waals surface area contributed by atoms with Crippen LogP contribution in [0, 0.1) is 0 Å². The number of aryl methyl sites for hydroxylation is 1. The van der Waals surface area contributed by atoms with Gasteiger partial charge in [0.25, 0.3) is 0 Å². The van der Waals surface area contributed by atoms with Gasteiger partial charge in [-0.2, -0.15) is 0 Å². The molecule has 86 valence electrons. The lowest BCUT2D eigenvalue weighted by Gasteiger charge is -2.13. The summed E-state index contributed by atoms with van der Waals surface area (Å²) in [5, 5.41) is 3.07. The maximum absolute atomic E-state index is 11.6. The van der Waals surface area contributed by atoms with Crippen molar-refractivity contribution >= 4 is 17.5 Å². The predicted molar refractivity (Wildman–Crippen MR) is 65.6 cm³/mol. The van der Waals surface area contributed by atoms with E-state index in [0.717, 1.165) is 19.3 Å². The SMILES string of the molecule is O=C(CCCCl)NC1CCc2ccccc21. The number of halogens is 1. The second kappa shape index (κ2) is 5.35. The van der Waals surface area contributed by atoms with Crippen molar-refractivity contribution < 1.29 is 4.79 Å². The van der Waals surface area contributed by atoms with E-state index < -0.39 is 0 Å². The van der Waals surface area contributed by atoms with E-state index in [1.165, 1.54) is 11.1 Å². The number of benzene rings is 1. The molecule has 2 rings (SSSR count). The zero-order valence-corrected chi connectivity index (χ0v) is 9.96. The average molecular weight is 238 g/mol. The van der Waals surface area contributed by atoms with Crippen molar-refractivity contribution in [2.75, 3.05) is 5.88 Å². The number of rotatable bonds is 4. The summed E-state index contributed by atoms with van der Waals surface area (Å²) in [6.45, 7) is 0. The Hall–Kier alpha value is -1.02. The van der Waals surface area contributed by atoms with Gasteiger partial charge in [-0.1, -0.05) is 24.3 Å². The Kier molecular flexibility index (Phi) is 3.83. The number of alkyl halides is 1. The number of carbonyl (C=O) groups is 1. The summed E-state index contributed by atoms with van der Waals surface area (Å²) in [6, 6.07) is 8.53. The molecule has 0 radical (unpaired) electrons. The zero-order valence-electron chi connectivity index (χ0n) is 9.21.